The predicted octanol–water partition coefficient (Wildman–Crippen LogP) is 2.53. The van der Waals surface area contributed by atoms with E-state index in [1.807, 2.05) is 25.7 Å². The van der Waals surface area contributed by atoms with Crippen molar-refractivity contribution in [3.8, 4) is 0 Å². The number of hydrogen-bond acceptors (Lipinski definition) is 3. The van der Waals surface area contributed by atoms with E-state index < -0.39 is 5.60 Å². The molecule has 2 atom stereocenters. The minimum atomic E-state index is -0.399. The smallest absolute Gasteiger partial charge is 0.410 e. The molecule has 2 fully saturated rings. The van der Waals surface area contributed by atoms with Crippen molar-refractivity contribution < 1.29 is 9.53 Å². The summed E-state index contributed by atoms with van der Waals surface area (Å²) in [5, 5.41) is 3.56. The second-order valence-electron chi connectivity index (χ2n) is 6.44. The van der Waals surface area contributed by atoms with Gasteiger partial charge in [0.2, 0.25) is 0 Å². The van der Waals surface area contributed by atoms with Gasteiger partial charge in [0.1, 0.15) is 5.60 Å². The second-order valence-corrected chi connectivity index (χ2v) is 6.44. The topological polar surface area (TPSA) is 41.6 Å². The van der Waals surface area contributed by atoms with Crippen LogP contribution in [0.15, 0.2) is 0 Å². The summed E-state index contributed by atoms with van der Waals surface area (Å²) >= 11 is 0. The van der Waals surface area contributed by atoms with Gasteiger partial charge in [-0.1, -0.05) is 6.42 Å². The fraction of sp³-hybridized carbons (Fsp3) is 0.929. The lowest BCUT2D eigenvalue weighted by atomic mass is 9.96. The number of nitrogens with one attached hydrogen (secondary N) is 1. The van der Waals surface area contributed by atoms with Crippen molar-refractivity contribution in [2.75, 3.05) is 13.1 Å². The molecule has 1 amide bonds. The number of piperidine rings is 1. The molecule has 4 heteroatoms. The zero-order valence-corrected chi connectivity index (χ0v) is 11.9. The Balaban J connectivity index is 1.96. The third-order valence-electron chi connectivity index (χ3n) is 3.74. The van der Waals surface area contributed by atoms with Crippen LogP contribution >= 0.6 is 0 Å². The van der Waals surface area contributed by atoms with Gasteiger partial charge in [-0.25, -0.2) is 4.79 Å². The first-order valence-corrected chi connectivity index (χ1v) is 7.20. The van der Waals surface area contributed by atoms with Crippen LogP contribution in [0.2, 0.25) is 0 Å². The molecule has 0 bridgehead atoms. The van der Waals surface area contributed by atoms with E-state index in [9.17, 15) is 4.79 Å². The summed E-state index contributed by atoms with van der Waals surface area (Å²) in [6.07, 6.45) is 5.78. The van der Waals surface area contributed by atoms with E-state index in [0.717, 1.165) is 25.9 Å². The third-order valence-corrected chi connectivity index (χ3v) is 3.74. The monoisotopic (exact) mass is 254 g/mol. The van der Waals surface area contributed by atoms with E-state index in [2.05, 4.69) is 5.32 Å². The van der Waals surface area contributed by atoms with Crippen molar-refractivity contribution in [3.63, 3.8) is 0 Å². The Bertz CT molecular complexity index is 293. The van der Waals surface area contributed by atoms with Gasteiger partial charge < -0.3 is 15.0 Å². The number of carbonyl (C=O) groups excluding carboxylic acids is 1. The average molecular weight is 254 g/mol. The van der Waals surface area contributed by atoms with Crippen LogP contribution in [0.4, 0.5) is 4.79 Å². The molecule has 1 unspecified atom stereocenters. The number of ether oxygens (including phenoxy) is 1. The lowest BCUT2D eigenvalue weighted by Gasteiger charge is -2.35. The molecule has 0 aliphatic carbocycles. The van der Waals surface area contributed by atoms with Crippen molar-refractivity contribution in [1.29, 1.82) is 0 Å². The maximum Gasteiger partial charge on any atom is 0.410 e. The summed E-state index contributed by atoms with van der Waals surface area (Å²) in [5.41, 5.74) is -0.399. The van der Waals surface area contributed by atoms with Crippen molar-refractivity contribution in [3.05, 3.63) is 0 Å². The number of hydrogen-bond donors (Lipinski definition) is 1. The Hall–Kier alpha value is -0.770. The second kappa shape index (κ2) is 5.47. The van der Waals surface area contributed by atoms with E-state index >= 15 is 0 Å². The number of amides is 1. The fourth-order valence-electron chi connectivity index (χ4n) is 2.97. The van der Waals surface area contributed by atoms with Gasteiger partial charge in [-0.05, 0) is 53.0 Å². The Morgan fingerprint density at radius 1 is 1.22 bits per heavy atom. The largest absolute Gasteiger partial charge is 0.444 e. The maximum atomic E-state index is 12.2. The molecular weight excluding hydrogens is 228 g/mol. The summed E-state index contributed by atoms with van der Waals surface area (Å²) in [7, 11) is 0. The molecule has 0 aromatic carbocycles. The molecule has 4 nitrogen and oxygen atoms in total. The van der Waals surface area contributed by atoms with Gasteiger partial charge in [0, 0.05) is 12.6 Å². The van der Waals surface area contributed by atoms with Gasteiger partial charge in [0.05, 0.1) is 6.04 Å². The zero-order chi connectivity index (χ0) is 13.2. The van der Waals surface area contributed by atoms with Gasteiger partial charge in [-0.15, -0.1) is 0 Å². The summed E-state index contributed by atoms with van der Waals surface area (Å²) in [4.78, 5) is 14.1. The number of nitrogens with zero attached hydrogens (tertiary/aromatic N) is 1. The van der Waals surface area contributed by atoms with Crippen molar-refractivity contribution in [2.45, 2.75) is 70.6 Å². The molecule has 2 aliphatic rings. The van der Waals surface area contributed by atoms with Gasteiger partial charge >= 0.3 is 6.09 Å². The van der Waals surface area contributed by atoms with Gasteiger partial charge in [-0.2, -0.15) is 0 Å². The van der Waals surface area contributed by atoms with Crippen LogP contribution < -0.4 is 5.32 Å². The van der Waals surface area contributed by atoms with Crippen LogP contribution in [0.1, 0.15) is 52.9 Å². The van der Waals surface area contributed by atoms with Crippen molar-refractivity contribution >= 4 is 6.09 Å². The molecule has 0 saturated carbocycles. The summed E-state index contributed by atoms with van der Waals surface area (Å²) < 4.78 is 5.50. The highest BCUT2D eigenvalue weighted by atomic mass is 16.6. The quantitative estimate of drug-likeness (QED) is 0.782. The molecule has 18 heavy (non-hydrogen) atoms. The highest BCUT2D eigenvalue weighted by Gasteiger charge is 2.37. The minimum Gasteiger partial charge on any atom is -0.444 e. The molecule has 2 aliphatic heterocycles. The molecule has 104 valence electrons. The van der Waals surface area contributed by atoms with Crippen molar-refractivity contribution in [2.24, 2.45) is 0 Å². The first-order valence-electron chi connectivity index (χ1n) is 7.20. The Labute approximate surface area is 110 Å². The Morgan fingerprint density at radius 3 is 2.61 bits per heavy atom. The number of carbonyl (C=O) groups is 1. The highest BCUT2D eigenvalue weighted by molar-refractivity contribution is 5.69. The number of likely N-dealkylation sites (tertiary alicyclic amines) is 1. The summed E-state index contributed by atoms with van der Waals surface area (Å²) in [6.45, 7) is 7.71. The lowest BCUT2D eigenvalue weighted by molar-refractivity contribution is 0.0186. The zero-order valence-electron chi connectivity index (χ0n) is 11.9. The molecule has 2 heterocycles. The summed E-state index contributed by atoms with van der Waals surface area (Å²) in [6, 6.07) is 0.800. The number of rotatable bonds is 1. The molecule has 2 saturated heterocycles. The van der Waals surface area contributed by atoms with E-state index in [1.165, 1.54) is 19.3 Å². The molecular formula is C14H26N2O2. The summed E-state index contributed by atoms with van der Waals surface area (Å²) in [5.74, 6) is 0. The van der Waals surface area contributed by atoms with Gasteiger partial charge in [0.15, 0.2) is 0 Å². The average Bonchev–Trinajstić information content (AvgIpc) is 2.76. The normalized spacial score (nSPS) is 29.4. The molecule has 0 radical (unpaired) electrons. The SMILES string of the molecule is CC(C)(C)OC(=O)N1CCC[C@@H]1C1CCCCN1. The minimum absolute atomic E-state index is 0.141. The fourth-order valence-corrected chi connectivity index (χ4v) is 2.97. The van der Waals surface area contributed by atoms with Crippen LogP contribution in [-0.4, -0.2) is 41.8 Å². The van der Waals surface area contributed by atoms with Crippen LogP contribution in [0.5, 0.6) is 0 Å². The molecule has 1 N–H and O–H groups in total. The Morgan fingerprint density at radius 2 is 2.00 bits per heavy atom. The van der Waals surface area contributed by atoms with Crippen LogP contribution in [0.25, 0.3) is 0 Å². The van der Waals surface area contributed by atoms with Crippen molar-refractivity contribution in [1.82, 2.24) is 10.2 Å². The molecule has 0 aromatic rings. The van der Waals surface area contributed by atoms with Crippen LogP contribution in [0, 0.1) is 0 Å². The van der Waals surface area contributed by atoms with E-state index in [-0.39, 0.29) is 6.09 Å². The standard InChI is InChI=1S/C14H26N2O2/c1-14(2,3)18-13(17)16-10-6-8-12(16)11-7-4-5-9-15-11/h11-12,15H,4-10H2,1-3H3/t11?,12-/m1/s1. The van der Waals surface area contributed by atoms with E-state index in [4.69, 9.17) is 4.74 Å². The van der Waals surface area contributed by atoms with E-state index in [1.54, 1.807) is 0 Å². The van der Waals surface area contributed by atoms with Gasteiger partial charge in [-0.3, -0.25) is 0 Å². The molecule has 0 aromatic heterocycles. The highest BCUT2D eigenvalue weighted by Crippen LogP contribution is 2.26. The molecule has 2 rings (SSSR count). The lowest BCUT2D eigenvalue weighted by Crippen LogP contribution is -2.51. The molecule has 0 spiro atoms. The Kier molecular flexibility index (Phi) is 4.15. The first kappa shape index (κ1) is 13.7. The maximum absolute atomic E-state index is 12.2. The first-order chi connectivity index (χ1) is 8.47. The van der Waals surface area contributed by atoms with Gasteiger partial charge in [0.25, 0.3) is 0 Å². The van der Waals surface area contributed by atoms with Crippen LogP contribution in [0.3, 0.4) is 0 Å². The van der Waals surface area contributed by atoms with Crippen LogP contribution in [-0.2, 0) is 4.74 Å². The third kappa shape index (κ3) is 3.37. The van der Waals surface area contributed by atoms with E-state index in [0.29, 0.717) is 12.1 Å². The predicted molar refractivity (Wildman–Crippen MR) is 71.6 cm³/mol.